The van der Waals surface area contributed by atoms with Gasteiger partial charge >= 0.3 is 8.80 Å². The van der Waals surface area contributed by atoms with Crippen LogP contribution >= 0.6 is 0 Å². The Hall–Kier alpha value is -1.23. The van der Waals surface area contributed by atoms with Crippen molar-refractivity contribution in [1.82, 2.24) is 0 Å². The molecule has 1 rings (SSSR count). The third-order valence-electron chi connectivity index (χ3n) is 3.35. The molecule has 23 heavy (non-hydrogen) atoms. The van der Waals surface area contributed by atoms with Gasteiger partial charge in [0.15, 0.2) is 23.3 Å². The van der Waals surface area contributed by atoms with Gasteiger partial charge in [-0.2, -0.15) is 0 Å². The lowest BCUT2D eigenvalue weighted by Gasteiger charge is -2.24. The number of hydrogen-bond donors (Lipinski definition) is 1. The zero-order valence-corrected chi connectivity index (χ0v) is 13.9. The number of halogens is 5. The van der Waals surface area contributed by atoms with Crippen molar-refractivity contribution in [3.8, 4) is 0 Å². The van der Waals surface area contributed by atoms with Gasteiger partial charge in [-0.25, -0.2) is 22.0 Å². The van der Waals surface area contributed by atoms with Crippen LogP contribution in [0.4, 0.5) is 27.6 Å². The summed E-state index contributed by atoms with van der Waals surface area (Å²) < 4.78 is 81.4. The van der Waals surface area contributed by atoms with Gasteiger partial charge in [0.05, 0.1) is 0 Å². The SMILES string of the molecule is CO[Si](CCCCNc1c(F)c(F)c(F)c(F)c1F)(OC)OC. The summed E-state index contributed by atoms with van der Waals surface area (Å²) in [4.78, 5) is 0. The first kappa shape index (κ1) is 19.8. The number of anilines is 1. The van der Waals surface area contributed by atoms with Crippen LogP contribution in [0.2, 0.25) is 6.04 Å². The average molecular weight is 359 g/mol. The lowest BCUT2D eigenvalue weighted by atomic mass is 10.2. The molecule has 1 N–H and O–H groups in total. The molecule has 0 unspecified atom stereocenters. The molecule has 0 fully saturated rings. The number of benzene rings is 1. The van der Waals surface area contributed by atoms with Crippen LogP contribution in [0.25, 0.3) is 0 Å². The Morgan fingerprint density at radius 3 is 1.61 bits per heavy atom. The fraction of sp³-hybridized carbons (Fsp3) is 0.538. The van der Waals surface area contributed by atoms with E-state index in [0.717, 1.165) is 0 Å². The molecule has 4 nitrogen and oxygen atoms in total. The molecule has 10 heteroatoms. The van der Waals surface area contributed by atoms with Crippen LogP contribution in [0.15, 0.2) is 0 Å². The van der Waals surface area contributed by atoms with E-state index in [1.54, 1.807) is 0 Å². The second-order valence-electron chi connectivity index (χ2n) is 4.62. The Bertz CT molecular complexity index is 506. The normalized spacial score (nSPS) is 11.8. The molecule has 0 aliphatic rings. The van der Waals surface area contributed by atoms with Gasteiger partial charge in [-0.3, -0.25) is 0 Å². The Morgan fingerprint density at radius 1 is 0.739 bits per heavy atom. The van der Waals surface area contributed by atoms with E-state index in [9.17, 15) is 22.0 Å². The minimum Gasteiger partial charge on any atom is -0.380 e. The van der Waals surface area contributed by atoms with Gasteiger partial charge in [-0.1, -0.05) is 0 Å². The Kier molecular flexibility index (Phi) is 7.38. The van der Waals surface area contributed by atoms with E-state index < -0.39 is 43.6 Å². The molecule has 0 aliphatic heterocycles. The molecule has 132 valence electrons. The molecule has 0 saturated carbocycles. The second kappa shape index (κ2) is 8.57. The van der Waals surface area contributed by atoms with Crippen LogP contribution in [-0.4, -0.2) is 36.7 Å². The van der Waals surface area contributed by atoms with Crippen LogP contribution in [-0.2, 0) is 13.3 Å². The van der Waals surface area contributed by atoms with Crippen molar-refractivity contribution in [2.75, 3.05) is 33.2 Å². The van der Waals surface area contributed by atoms with Crippen molar-refractivity contribution in [1.29, 1.82) is 0 Å². The summed E-state index contributed by atoms with van der Waals surface area (Å²) in [5, 5.41) is 2.23. The molecule has 0 spiro atoms. The fourth-order valence-corrected chi connectivity index (χ4v) is 3.79. The average Bonchev–Trinajstić information content (AvgIpc) is 2.57. The minimum absolute atomic E-state index is 0.0139. The van der Waals surface area contributed by atoms with E-state index in [2.05, 4.69) is 5.32 Å². The Morgan fingerprint density at radius 2 is 1.17 bits per heavy atom. The van der Waals surface area contributed by atoms with E-state index in [4.69, 9.17) is 13.3 Å². The van der Waals surface area contributed by atoms with E-state index in [1.807, 2.05) is 0 Å². The van der Waals surface area contributed by atoms with E-state index in [1.165, 1.54) is 21.3 Å². The lowest BCUT2D eigenvalue weighted by molar-refractivity contribution is 0.123. The number of unbranched alkanes of at least 4 members (excludes halogenated alkanes) is 1. The highest BCUT2D eigenvalue weighted by Crippen LogP contribution is 2.27. The molecule has 0 heterocycles. The summed E-state index contributed by atoms with van der Waals surface area (Å²) in [6, 6.07) is 0.454. The topological polar surface area (TPSA) is 39.7 Å². The van der Waals surface area contributed by atoms with E-state index in [0.29, 0.717) is 18.9 Å². The van der Waals surface area contributed by atoms with Gasteiger partial charge in [0.25, 0.3) is 0 Å². The van der Waals surface area contributed by atoms with Crippen molar-refractivity contribution < 1.29 is 35.2 Å². The van der Waals surface area contributed by atoms with Gasteiger partial charge in [-0.05, 0) is 12.8 Å². The van der Waals surface area contributed by atoms with Gasteiger partial charge in [0.1, 0.15) is 5.69 Å². The molecule has 0 aromatic heterocycles. The van der Waals surface area contributed by atoms with Crippen molar-refractivity contribution in [2.45, 2.75) is 18.9 Å². The molecular weight excluding hydrogens is 341 g/mol. The molecular formula is C13H18F5NO3Si. The third kappa shape index (κ3) is 4.40. The molecule has 0 saturated heterocycles. The van der Waals surface area contributed by atoms with Crippen LogP contribution in [0.1, 0.15) is 12.8 Å². The molecule has 1 aromatic carbocycles. The minimum atomic E-state index is -2.74. The van der Waals surface area contributed by atoms with Gasteiger partial charge in [0.2, 0.25) is 5.82 Å². The smallest absolute Gasteiger partial charge is 0.380 e. The largest absolute Gasteiger partial charge is 0.500 e. The van der Waals surface area contributed by atoms with Crippen molar-refractivity contribution >= 4 is 14.5 Å². The summed E-state index contributed by atoms with van der Waals surface area (Å²) in [6.07, 6.45) is 0.911. The zero-order valence-electron chi connectivity index (χ0n) is 12.9. The van der Waals surface area contributed by atoms with Crippen molar-refractivity contribution in [3.63, 3.8) is 0 Å². The summed E-state index contributed by atoms with van der Waals surface area (Å²) in [5.41, 5.74) is -1.03. The lowest BCUT2D eigenvalue weighted by Crippen LogP contribution is -2.42. The predicted octanol–water partition coefficient (Wildman–Crippen LogP) is 3.45. The first-order chi connectivity index (χ1) is 10.8. The van der Waals surface area contributed by atoms with Crippen LogP contribution in [0.5, 0.6) is 0 Å². The Labute approximate surface area is 131 Å². The van der Waals surface area contributed by atoms with Crippen molar-refractivity contribution in [3.05, 3.63) is 29.1 Å². The maximum atomic E-state index is 13.4. The van der Waals surface area contributed by atoms with Crippen LogP contribution in [0.3, 0.4) is 0 Å². The number of rotatable bonds is 9. The summed E-state index contributed by atoms with van der Waals surface area (Å²) in [5.74, 6) is -9.89. The van der Waals surface area contributed by atoms with Crippen molar-refractivity contribution in [2.24, 2.45) is 0 Å². The summed E-state index contributed by atoms with van der Waals surface area (Å²) in [6.45, 7) is 0.0139. The van der Waals surface area contributed by atoms with Gasteiger partial charge in [-0.15, -0.1) is 0 Å². The summed E-state index contributed by atoms with van der Waals surface area (Å²) >= 11 is 0. The standard InChI is InChI=1S/C13H18F5NO3Si/c1-20-23(21-2,22-3)7-5-4-6-19-13-11(17)9(15)8(14)10(16)12(13)18/h19H,4-7H2,1-3H3. The Balaban J connectivity index is 2.61. The van der Waals surface area contributed by atoms with Gasteiger partial charge in [0, 0.05) is 33.9 Å². The van der Waals surface area contributed by atoms with Crippen LogP contribution < -0.4 is 5.32 Å². The molecule has 0 aliphatic carbocycles. The first-order valence-corrected chi connectivity index (χ1v) is 8.67. The first-order valence-electron chi connectivity index (χ1n) is 6.74. The highest BCUT2D eigenvalue weighted by atomic mass is 28.4. The highest BCUT2D eigenvalue weighted by molar-refractivity contribution is 6.60. The quantitative estimate of drug-likeness (QED) is 0.241. The van der Waals surface area contributed by atoms with Gasteiger partial charge < -0.3 is 18.6 Å². The molecule has 1 aromatic rings. The maximum Gasteiger partial charge on any atom is 0.500 e. The fourth-order valence-electron chi connectivity index (χ4n) is 2.00. The predicted molar refractivity (Wildman–Crippen MR) is 75.5 cm³/mol. The monoisotopic (exact) mass is 359 g/mol. The van der Waals surface area contributed by atoms with E-state index in [-0.39, 0.29) is 6.54 Å². The molecule has 0 amide bonds. The molecule has 0 radical (unpaired) electrons. The molecule has 0 bridgehead atoms. The highest BCUT2D eigenvalue weighted by Gasteiger charge is 2.36. The number of hydrogen-bond acceptors (Lipinski definition) is 4. The molecule has 0 atom stereocenters. The number of nitrogens with one attached hydrogen (secondary N) is 1. The van der Waals surface area contributed by atoms with E-state index >= 15 is 0 Å². The third-order valence-corrected chi connectivity index (χ3v) is 6.19. The summed E-state index contributed by atoms with van der Waals surface area (Å²) in [7, 11) is 1.61. The zero-order chi connectivity index (χ0) is 17.6. The van der Waals surface area contributed by atoms with Crippen LogP contribution in [0, 0.1) is 29.1 Å². The second-order valence-corrected chi connectivity index (χ2v) is 7.71. The maximum absolute atomic E-state index is 13.4.